The number of hydrogen-bond donors (Lipinski definition) is 3. The molecule has 1 saturated carbocycles. The molecule has 0 heterocycles. The molecule has 1 aromatic rings. The van der Waals surface area contributed by atoms with E-state index in [1.807, 2.05) is 0 Å². The fourth-order valence-electron chi connectivity index (χ4n) is 2.60. The predicted octanol–water partition coefficient (Wildman–Crippen LogP) is 1.68. The van der Waals surface area contributed by atoms with Gasteiger partial charge >= 0.3 is 0 Å². The Morgan fingerprint density at radius 3 is 2.36 bits per heavy atom. The molecule has 0 unspecified atom stereocenters. The first-order chi connectivity index (χ1) is 12.1. The lowest BCUT2D eigenvalue weighted by Crippen LogP contribution is -2.51. The van der Waals surface area contributed by atoms with Crippen molar-refractivity contribution in [1.29, 1.82) is 0 Å². The van der Waals surface area contributed by atoms with Crippen LogP contribution in [0.1, 0.15) is 32.1 Å². The largest absolute Gasteiger partial charge is 0.497 e. The van der Waals surface area contributed by atoms with Crippen LogP contribution < -0.4 is 25.6 Å². The van der Waals surface area contributed by atoms with Gasteiger partial charge < -0.3 is 9.47 Å². The number of hydrazine groups is 1. The van der Waals surface area contributed by atoms with Crippen molar-refractivity contribution in [3.63, 3.8) is 0 Å². The van der Waals surface area contributed by atoms with Crippen LogP contribution in [-0.4, -0.2) is 30.6 Å². The molecule has 8 heteroatoms. The van der Waals surface area contributed by atoms with Crippen molar-refractivity contribution >= 4 is 29.1 Å². The van der Waals surface area contributed by atoms with Crippen LogP contribution in [0.25, 0.3) is 0 Å². The van der Waals surface area contributed by atoms with Crippen molar-refractivity contribution in [2.45, 2.75) is 32.1 Å². The van der Waals surface area contributed by atoms with Crippen molar-refractivity contribution in [2.24, 2.45) is 5.92 Å². The standard InChI is InChI=1S/C17H23N3O4S/c1-23-13-7-9-14(10-8-13)24-11-15(21)18-17(25)20-19-16(22)12-5-3-2-4-6-12/h7-10,12H,2-6,11H2,1H3,(H,19,22)(H2,18,20,21,25). The SMILES string of the molecule is COc1ccc(OCC(=O)NC(=S)NNC(=O)C2CCCCC2)cc1. The number of amides is 2. The van der Waals surface area contributed by atoms with Gasteiger partial charge in [0.05, 0.1) is 7.11 Å². The lowest BCUT2D eigenvalue weighted by molar-refractivity contribution is -0.126. The van der Waals surface area contributed by atoms with Crippen LogP contribution in [0.3, 0.4) is 0 Å². The van der Waals surface area contributed by atoms with Crippen LogP contribution in [0.4, 0.5) is 0 Å². The number of benzene rings is 1. The summed E-state index contributed by atoms with van der Waals surface area (Å²) in [5.74, 6) is 0.750. The minimum Gasteiger partial charge on any atom is -0.497 e. The first-order valence-corrected chi connectivity index (χ1v) is 8.66. The van der Waals surface area contributed by atoms with Crippen molar-refractivity contribution in [3.8, 4) is 11.5 Å². The smallest absolute Gasteiger partial charge is 0.264 e. The minimum absolute atomic E-state index is 0.0122. The molecule has 7 nitrogen and oxygen atoms in total. The Bertz CT molecular complexity index is 600. The molecule has 0 aromatic heterocycles. The van der Waals surface area contributed by atoms with Gasteiger partial charge in [-0.3, -0.25) is 25.8 Å². The Balaban J connectivity index is 1.65. The summed E-state index contributed by atoms with van der Waals surface area (Å²) >= 11 is 4.98. The van der Waals surface area contributed by atoms with E-state index in [9.17, 15) is 9.59 Å². The maximum absolute atomic E-state index is 12.0. The van der Waals surface area contributed by atoms with Gasteiger partial charge in [0.1, 0.15) is 11.5 Å². The Hall–Kier alpha value is -2.35. The number of ether oxygens (including phenoxy) is 2. The van der Waals surface area contributed by atoms with Gasteiger partial charge in [0.2, 0.25) is 5.91 Å². The third-order valence-electron chi connectivity index (χ3n) is 3.96. The number of rotatable bonds is 5. The van der Waals surface area contributed by atoms with Gasteiger partial charge in [-0.15, -0.1) is 0 Å². The third-order valence-corrected chi connectivity index (χ3v) is 4.16. The van der Waals surface area contributed by atoms with Crippen LogP contribution in [0.2, 0.25) is 0 Å². The predicted molar refractivity (Wildman–Crippen MR) is 97.1 cm³/mol. The van der Waals surface area contributed by atoms with Crippen LogP contribution in [0, 0.1) is 5.92 Å². The molecule has 1 aliphatic carbocycles. The Labute approximate surface area is 152 Å². The van der Waals surface area contributed by atoms with Gasteiger partial charge in [-0.2, -0.15) is 0 Å². The van der Waals surface area contributed by atoms with Gasteiger partial charge in [0, 0.05) is 5.92 Å². The molecule has 1 fully saturated rings. The molecular weight excluding hydrogens is 342 g/mol. The van der Waals surface area contributed by atoms with E-state index in [0.717, 1.165) is 25.7 Å². The normalized spacial score (nSPS) is 14.3. The average molecular weight is 365 g/mol. The van der Waals surface area contributed by atoms with Gasteiger partial charge in [-0.05, 0) is 49.3 Å². The van der Waals surface area contributed by atoms with E-state index in [2.05, 4.69) is 16.2 Å². The van der Waals surface area contributed by atoms with Crippen LogP contribution in [0.5, 0.6) is 11.5 Å². The van der Waals surface area contributed by atoms with E-state index in [1.165, 1.54) is 6.42 Å². The van der Waals surface area contributed by atoms with E-state index in [-0.39, 0.29) is 23.5 Å². The van der Waals surface area contributed by atoms with Crippen molar-refractivity contribution in [2.75, 3.05) is 13.7 Å². The highest BCUT2D eigenvalue weighted by Gasteiger charge is 2.21. The number of nitrogens with one attached hydrogen (secondary N) is 3. The summed E-state index contributed by atoms with van der Waals surface area (Å²) in [4.78, 5) is 23.8. The molecule has 0 saturated heterocycles. The third kappa shape index (κ3) is 6.58. The first-order valence-electron chi connectivity index (χ1n) is 8.25. The van der Waals surface area contributed by atoms with Gasteiger partial charge in [0.15, 0.2) is 11.7 Å². The summed E-state index contributed by atoms with van der Waals surface area (Å²) in [6.07, 6.45) is 5.11. The number of thiocarbonyl (C=S) groups is 1. The summed E-state index contributed by atoms with van der Waals surface area (Å²) in [7, 11) is 1.57. The first kappa shape index (κ1) is 19.0. The highest BCUT2D eigenvalue weighted by Crippen LogP contribution is 2.23. The van der Waals surface area contributed by atoms with E-state index in [0.29, 0.717) is 11.5 Å². The van der Waals surface area contributed by atoms with Gasteiger partial charge in [0.25, 0.3) is 5.91 Å². The second-order valence-electron chi connectivity index (χ2n) is 5.79. The number of methoxy groups -OCH3 is 1. The fourth-order valence-corrected chi connectivity index (χ4v) is 2.76. The molecule has 1 aromatic carbocycles. The zero-order valence-electron chi connectivity index (χ0n) is 14.2. The molecule has 1 aliphatic rings. The molecule has 0 atom stereocenters. The van der Waals surface area contributed by atoms with Crippen molar-refractivity contribution < 1.29 is 19.1 Å². The molecule has 0 bridgehead atoms. The molecule has 25 heavy (non-hydrogen) atoms. The number of hydrogen-bond acceptors (Lipinski definition) is 5. The molecule has 0 spiro atoms. The van der Waals surface area contributed by atoms with E-state index in [4.69, 9.17) is 21.7 Å². The summed E-state index contributed by atoms with van der Waals surface area (Å²) in [5.41, 5.74) is 5.10. The van der Waals surface area contributed by atoms with Crippen molar-refractivity contribution in [1.82, 2.24) is 16.2 Å². The molecular formula is C17H23N3O4S. The Kier molecular flexibility index (Phi) is 7.46. The quantitative estimate of drug-likeness (QED) is 0.543. The minimum atomic E-state index is -0.416. The zero-order valence-corrected chi connectivity index (χ0v) is 15.0. The zero-order chi connectivity index (χ0) is 18.1. The molecule has 2 rings (SSSR count). The molecule has 136 valence electrons. The second kappa shape index (κ2) is 9.83. The molecule has 0 aliphatic heterocycles. The average Bonchev–Trinajstić information content (AvgIpc) is 2.65. The van der Waals surface area contributed by atoms with E-state index in [1.54, 1.807) is 31.4 Å². The highest BCUT2D eigenvalue weighted by molar-refractivity contribution is 7.80. The fraction of sp³-hybridized carbons (Fsp3) is 0.471. The molecule has 3 N–H and O–H groups in total. The summed E-state index contributed by atoms with van der Waals surface area (Å²) in [6.45, 7) is -0.190. The lowest BCUT2D eigenvalue weighted by Gasteiger charge is -2.21. The summed E-state index contributed by atoms with van der Waals surface area (Å²) < 4.78 is 10.4. The molecule has 2 amide bonds. The second-order valence-corrected chi connectivity index (χ2v) is 6.20. The highest BCUT2D eigenvalue weighted by atomic mass is 32.1. The summed E-state index contributed by atoms with van der Waals surface area (Å²) in [6, 6.07) is 6.88. The Morgan fingerprint density at radius 1 is 1.08 bits per heavy atom. The van der Waals surface area contributed by atoms with E-state index < -0.39 is 5.91 Å². The van der Waals surface area contributed by atoms with Crippen molar-refractivity contribution in [3.05, 3.63) is 24.3 Å². The summed E-state index contributed by atoms with van der Waals surface area (Å²) in [5, 5.41) is 2.48. The number of carbonyl (C=O) groups is 2. The lowest BCUT2D eigenvalue weighted by atomic mass is 9.89. The monoisotopic (exact) mass is 365 g/mol. The van der Waals surface area contributed by atoms with Crippen LogP contribution in [0.15, 0.2) is 24.3 Å². The maximum Gasteiger partial charge on any atom is 0.264 e. The van der Waals surface area contributed by atoms with Crippen LogP contribution >= 0.6 is 12.2 Å². The van der Waals surface area contributed by atoms with Crippen LogP contribution in [-0.2, 0) is 9.59 Å². The van der Waals surface area contributed by atoms with Gasteiger partial charge in [-0.25, -0.2) is 0 Å². The topological polar surface area (TPSA) is 88.7 Å². The Morgan fingerprint density at radius 2 is 1.72 bits per heavy atom. The maximum atomic E-state index is 12.0. The van der Waals surface area contributed by atoms with Gasteiger partial charge in [-0.1, -0.05) is 19.3 Å². The number of carbonyl (C=O) groups excluding carboxylic acids is 2. The van der Waals surface area contributed by atoms with E-state index >= 15 is 0 Å². The molecule has 0 radical (unpaired) electrons.